The molecule has 5 nitrogen and oxygen atoms in total. The molecule has 1 aromatic heterocycles. The van der Waals surface area contributed by atoms with Crippen LogP contribution < -0.4 is 9.64 Å². The smallest absolute Gasteiger partial charge is 0.140 e. The summed E-state index contributed by atoms with van der Waals surface area (Å²) in [5.74, 6) is 1.78. The molecule has 0 unspecified atom stereocenters. The minimum Gasteiger partial charge on any atom is -0.488 e. The summed E-state index contributed by atoms with van der Waals surface area (Å²) in [7, 11) is 0. The monoisotopic (exact) mass is 355 g/mol. The van der Waals surface area contributed by atoms with Crippen LogP contribution in [-0.2, 0) is 0 Å². The lowest BCUT2D eigenvalue weighted by molar-refractivity contribution is 0.131. The molecule has 1 aliphatic heterocycles. The highest BCUT2D eigenvalue weighted by atomic mass is 16.5. The van der Waals surface area contributed by atoms with Gasteiger partial charge in [0.1, 0.15) is 23.5 Å². The Kier molecular flexibility index (Phi) is 5.19. The van der Waals surface area contributed by atoms with E-state index >= 15 is 0 Å². The van der Waals surface area contributed by atoms with Crippen LogP contribution in [0, 0.1) is 13.8 Å². The molecule has 5 heteroatoms. The van der Waals surface area contributed by atoms with Crippen molar-refractivity contribution >= 4 is 5.82 Å². The number of rotatable bonds is 4. The highest BCUT2D eigenvalue weighted by Gasteiger charge is 2.28. The molecule has 1 N–H and O–H groups in total. The molecule has 26 heavy (non-hydrogen) atoms. The first-order chi connectivity index (χ1) is 12.3. The highest BCUT2D eigenvalue weighted by molar-refractivity contribution is 5.80. The van der Waals surface area contributed by atoms with Gasteiger partial charge in [0.25, 0.3) is 0 Å². The molecular formula is C21H29N3O2. The zero-order valence-electron chi connectivity index (χ0n) is 16.4. The zero-order chi connectivity index (χ0) is 18.9. The van der Waals surface area contributed by atoms with E-state index in [1.165, 1.54) is 0 Å². The van der Waals surface area contributed by atoms with E-state index in [9.17, 15) is 5.11 Å². The lowest BCUT2D eigenvalue weighted by Gasteiger charge is -2.27. The quantitative estimate of drug-likeness (QED) is 0.901. The number of hydrogen-bond acceptors (Lipinski definition) is 5. The summed E-state index contributed by atoms with van der Waals surface area (Å²) in [6.45, 7) is 11.3. The molecule has 3 rings (SSSR count). The maximum absolute atomic E-state index is 9.73. The van der Waals surface area contributed by atoms with Gasteiger partial charge in [0.2, 0.25) is 0 Å². The molecule has 1 aromatic carbocycles. The van der Waals surface area contributed by atoms with Crippen molar-refractivity contribution in [2.45, 2.75) is 59.1 Å². The molecule has 1 fully saturated rings. The molecule has 2 aromatic rings. The molecule has 0 bridgehead atoms. The van der Waals surface area contributed by atoms with Crippen molar-refractivity contribution in [1.82, 2.24) is 9.97 Å². The number of aryl methyl sites for hydroxylation is 2. The third-order valence-corrected chi connectivity index (χ3v) is 4.77. The summed E-state index contributed by atoms with van der Waals surface area (Å²) in [5, 5.41) is 9.73. The third-order valence-electron chi connectivity index (χ3n) is 4.77. The minimum atomic E-state index is -0.227. The first-order valence-corrected chi connectivity index (χ1v) is 9.29. The van der Waals surface area contributed by atoms with Crippen LogP contribution in [0.4, 0.5) is 5.82 Å². The van der Waals surface area contributed by atoms with E-state index < -0.39 is 0 Å². The van der Waals surface area contributed by atoms with Gasteiger partial charge in [-0.15, -0.1) is 0 Å². The molecule has 0 aliphatic carbocycles. The van der Waals surface area contributed by atoms with Crippen molar-refractivity contribution in [3.05, 3.63) is 35.8 Å². The Bertz CT molecular complexity index is 783. The molecule has 1 aliphatic rings. The molecule has 1 atom stereocenters. The van der Waals surface area contributed by atoms with Crippen LogP contribution >= 0.6 is 0 Å². The van der Waals surface area contributed by atoms with Gasteiger partial charge < -0.3 is 14.7 Å². The van der Waals surface area contributed by atoms with Crippen LogP contribution in [0.25, 0.3) is 11.1 Å². The van der Waals surface area contributed by atoms with Gasteiger partial charge in [0.05, 0.1) is 18.3 Å². The third kappa shape index (κ3) is 3.83. The maximum atomic E-state index is 9.73. The Morgan fingerprint density at radius 3 is 2.65 bits per heavy atom. The number of aliphatic hydroxyl groups excluding tert-OH is 1. The van der Waals surface area contributed by atoms with E-state index in [-0.39, 0.29) is 18.2 Å². The second-order valence-corrected chi connectivity index (χ2v) is 8.02. The van der Waals surface area contributed by atoms with E-state index in [0.717, 1.165) is 53.3 Å². The Morgan fingerprint density at radius 1 is 1.23 bits per heavy atom. The van der Waals surface area contributed by atoms with Crippen molar-refractivity contribution in [2.24, 2.45) is 0 Å². The summed E-state index contributed by atoms with van der Waals surface area (Å²) in [6.07, 6.45) is 3.69. The number of anilines is 1. The van der Waals surface area contributed by atoms with Crippen LogP contribution in [0.5, 0.6) is 5.75 Å². The van der Waals surface area contributed by atoms with Gasteiger partial charge in [-0.3, -0.25) is 0 Å². The maximum Gasteiger partial charge on any atom is 0.140 e. The first kappa shape index (κ1) is 18.6. The predicted octanol–water partition coefficient (Wildman–Crippen LogP) is 3.90. The number of aliphatic hydroxyl groups is 1. The van der Waals surface area contributed by atoms with Gasteiger partial charge in [-0.25, -0.2) is 9.97 Å². The topological polar surface area (TPSA) is 58.5 Å². The lowest BCUT2D eigenvalue weighted by atomic mass is 9.98. The molecule has 0 saturated carbocycles. The Hall–Kier alpha value is -2.14. The lowest BCUT2D eigenvalue weighted by Crippen LogP contribution is -2.33. The van der Waals surface area contributed by atoms with Crippen molar-refractivity contribution in [1.29, 1.82) is 0 Å². The zero-order valence-corrected chi connectivity index (χ0v) is 16.4. The number of ether oxygens (including phenoxy) is 1. The van der Waals surface area contributed by atoms with Crippen molar-refractivity contribution < 1.29 is 9.84 Å². The summed E-state index contributed by atoms with van der Waals surface area (Å²) >= 11 is 0. The van der Waals surface area contributed by atoms with Crippen molar-refractivity contribution in [2.75, 3.05) is 18.1 Å². The molecule has 2 heterocycles. The predicted molar refractivity (Wildman–Crippen MR) is 105 cm³/mol. The average molecular weight is 355 g/mol. The Labute approximate surface area is 156 Å². The second-order valence-electron chi connectivity index (χ2n) is 8.02. The number of hydrogen-bond donors (Lipinski definition) is 1. The largest absolute Gasteiger partial charge is 0.488 e. The van der Waals surface area contributed by atoms with Crippen LogP contribution in [0.2, 0.25) is 0 Å². The van der Waals surface area contributed by atoms with Crippen LogP contribution in [-0.4, -0.2) is 39.9 Å². The first-order valence-electron chi connectivity index (χ1n) is 9.29. The summed E-state index contributed by atoms with van der Waals surface area (Å²) in [4.78, 5) is 11.2. The fourth-order valence-corrected chi connectivity index (χ4v) is 3.63. The molecule has 0 radical (unpaired) electrons. The van der Waals surface area contributed by atoms with Crippen molar-refractivity contribution in [3.63, 3.8) is 0 Å². The Balaban J connectivity index is 2.04. The van der Waals surface area contributed by atoms with E-state index in [4.69, 9.17) is 4.74 Å². The van der Waals surface area contributed by atoms with Gasteiger partial charge in [0.15, 0.2) is 0 Å². The van der Waals surface area contributed by atoms with E-state index in [0.29, 0.717) is 0 Å². The van der Waals surface area contributed by atoms with E-state index in [1.807, 2.05) is 33.8 Å². The minimum absolute atomic E-state index is 0.131. The SMILES string of the molecule is Cc1cc(OC(C)(C)C)ccc1-c1c(C)ncnc1N1CCC[C@H]1CO. The standard InChI is InChI=1S/C21H29N3O2/c1-14-11-17(26-21(3,4)5)8-9-18(14)19-15(2)22-13-23-20(19)24-10-6-7-16(24)12-25/h8-9,11,13,16,25H,6-7,10,12H2,1-5H3/t16-/m0/s1. The Morgan fingerprint density at radius 2 is 2.00 bits per heavy atom. The second kappa shape index (κ2) is 7.23. The average Bonchev–Trinajstić information content (AvgIpc) is 3.02. The molecular weight excluding hydrogens is 326 g/mol. The van der Waals surface area contributed by atoms with E-state index in [1.54, 1.807) is 6.33 Å². The van der Waals surface area contributed by atoms with Gasteiger partial charge in [-0.1, -0.05) is 6.07 Å². The number of aromatic nitrogens is 2. The van der Waals surface area contributed by atoms with Crippen molar-refractivity contribution in [3.8, 4) is 16.9 Å². The summed E-state index contributed by atoms with van der Waals surface area (Å²) < 4.78 is 5.99. The number of nitrogens with zero attached hydrogens (tertiary/aromatic N) is 3. The molecule has 0 spiro atoms. The van der Waals surface area contributed by atoms with Gasteiger partial charge in [-0.2, -0.15) is 0 Å². The fraction of sp³-hybridized carbons (Fsp3) is 0.524. The number of benzene rings is 1. The molecule has 0 amide bonds. The van der Waals surface area contributed by atoms with Crippen LogP contribution in [0.3, 0.4) is 0 Å². The van der Waals surface area contributed by atoms with E-state index in [2.05, 4.69) is 33.9 Å². The van der Waals surface area contributed by atoms with Gasteiger partial charge in [-0.05, 0) is 70.7 Å². The highest BCUT2D eigenvalue weighted by Crippen LogP contribution is 2.37. The molecule has 1 saturated heterocycles. The normalized spacial score (nSPS) is 17.6. The van der Waals surface area contributed by atoms with Gasteiger partial charge >= 0.3 is 0 Å². The fourth-order valence-electron chi connectivity index (χ4n) is 3.63. The van der Waals surface area contributed by atoms with Crippen LogP contribution in [0.1, 0.15) is 44.9 Å². The summed E-state index contributed by atoms with van der Waals surface area (Å²) in [5.41, 5.74) is 4.02. The summed E-state index contributed by atoms with van der Waals surface area (Å²) in [6, 6.07) is 6.31. The molecule has 140 valence electrons. The van der Waals surface area contributed by atoms with Crippen LogP contribution in [0.15, 0.2) is 24.5 Å². The van der Waals surface area contributed by atoms with Gasteiger partial charge in [0, 0.05) is 12.1 Å².